The van der Waals surface area contributed by atoms with E-state index >= 15 is 0 Å². The van der Waals surface area contributed by atoms with Gasteiger partial charge in [-0.05, 0) is 67.4 Å². The smallest absolute Gasteiger partial charge is 0.174 e. The minimum atomic E-state index is -3.01. The van der Waals surface area contributed by atoms with E-state index in [4.69, 9.17) is 17.0 Å². The molecule has 0 aliphatic carbocycles. The lowest BCUT2D eigenvalue weighted by Gasteiger charge is -2.31. The van der Waals surface area contributed by atoms with Crippen molar-refractivity contribution in [1.82, 2.24) is 4.90 Å². The van der Waals surface area contributed by atoms with Gasteiger partial charge in [-0.25, -0.2) is 8.42 Å². The van der Waals surface area contributed by atoms with Gasteiger partial charge in [0.2, 0.25) is 0 Å². The maximum atomic E-state index is 12.1. The number of rotatable bonds is 5. The maximum Gasteiger partial charge on any atom is 0.174 e. The Kier molecular flexibility index (Phi) is 6.25. The average Bonchev–Trinajstić information content (AvgIpc) is 3.03. The third-order valence-electron chi connectivity index (χ3n) is 5.27. The number of methoxy groups -OCH3 is 1. The van der Waals surface area contributed by atoms with Crippen molar-refractivity contribution in [2.45, 2.75) is 32.9 Å². The molecule has 0 unspecified atom stereocenters. The van der Waals surface area contributed by atoms with E-state index in [0.29, 0.717) is 18.1 Å². The van der Waals surface area contributed by atoms with Crippen LogP contribution in [0.5, 0.6) is 5.75 Å². The molecule has 1 aliphatic heterocycles. The van der Waals surface area contributed by atoms with Gasteiger partial charge in [-0.2, -0.15) is 0 Å². The van der Waals surface area contributed by atoms with E-state index in [1.807, 2.05) is 48.2 Å². The first-order chi connectivity index (χ1) is 13.3. The first-order valence-electron chi connectivity index (χ1n) is 9.26. The molecule has 7 heteroatoms. The van der Waals surface area contributed by atoms with Crippen molar-refractivity contribution < 1.29 is 13.2 Å². The monoisotopic (exact) mass is 418 g/mol. The largest absolute Gasteiger partial charge is 0.497 e. The van der Waals surface area contributed by atoms with Gasteiger partial charge in [-0.3, -0.25) is 0 Å². The van der Waals surface area contributed by atoms with Gasteiger partial charge in [-0.1, -0.05) is 24.3 Å². The highest BCUT2D eigenvalue weighted by Crippen LogP contribution is 2.24. The van der Waals surface area contributed by atoms with Gasteiger partial charge >= 0.3 is 0 Å². The second-order valence-electron chi connectivity index (χ2n) is 7.21. The van der Waals surface area contributed by atoms with Gasteiger partial charge in [-0.15, -0.1) is 0 Å². The number of benzene rings is 2. The molecule has 2 aromatic rings. The van der Waals surface area contributed by atoms with Crippen LogP contribution in [0.3, 0.4) is 0 Å². The molecule has 28 heavy (non-hydrogen) atoms. The molecule has 1 N–H and O–H groups in total. The predicted octanol–water partition coefficient (Wildman–Crippen LogP) is 3.70. The van der Waals surface area contributed by atoms with Crippen LogP contribution in [-0.4, -0.2) is 43.1 Å². The molecule has 1 aliphatic rings. The summed E-state index contributed by atoms with van der Waals surface area (Å²) in [7, 11) is -1.38. The number of aryl methyl sites for hydroxylation is 1. The van der Waals surface area contributed by atoms with Gasteiger partial charge in [0.25, 0.3) is 0 Å². The fraction of sp³-hybridized carbons (Fsp3) is 0.381. The topological polar surface area (TPSA) is 58.6 Å². The Morgan fingerprint density at radius 3 is 2.54 bits per heavy atom. The number of sulfone groups is 1. The van der Waals surface area contributed by atoms with E-state index < -0.39 is 9.84 Å². The van der Waals surface area contributed by atoms with Crippen LogP contribution in [0, 0.1) is 13.8 Å². The molecule has 0 saturated carbocycles. The van der Waals surface area contributed by atoms with Crippen LogP contribution < -0.4 is 10.1 Å². The Morgan fingerprint density at radius 2 is 1.93 bits per heavy atom. The summed E-state index contributed by atoms with van der Waals surface area (Å²) in [5.74, 6) is 1.13. The lowest BCUT2D eigenvalue weighted by Crippen LogP contribution is -2.43. The normalized spacial score (nSPS) is 17.9. The molecule has 0 bridgehead atoms. The Balaban J connectivity index is 1.84. The van der Waals surface area contributed by atoms with Crippen molar-refractivity contribution in [3.05, 3.63) is 59.2 Å². The summed E-state index contributed by atoms with van der Waals surface area (Å²) in [6.07, 6.45) is 0.590. The number of hydrogen-bond donors (Lipinski definition) is 1. The molecular weight excluding hydrogens is 392 g/mol. The van der Waals surface area contributed by atoms with Gasteiger partial charge in [0.15, 0.2) is 14.9 Å². The summed E-state index contributed by atoms with van der Waals surface area (Å²) >= 11 is 5.72. The number of hydrogen-bond acceptors (Lipinski definition) is 4. The highest BCUT2D eigenvalue weighted by atomic mass is 32.2. The average molecular weight is 419 g/mol. The molecule has 2 aromatic carbocycles. The SMILES string of the molecule is COc1ccc(CN(C(=S)Nc2cccc(C)c2C)[C@@H]2CCS(=O)(=O)C2)cc1. The van der Waals surface area contributed by atoms with E-state index in [9.17, 15) is 8.42 Å². The van der Waals surface area contributed by atoms with Crippen LogP contribution in [-0.2, 0) is 16.4 Å². The lowest BCUT2D eigenvalue weighted by atomic mass is 10.1. The molecular formula is C21H26N2O3S2. The van der Waals surface area contributed by atoms with Crippen molar-refractivity contribution >= 4 is 32.9 Å². The third kappa shape index (κ3) is 4.83. The summed E-state index contributed by atoms with van der Waals surface area (Å²) in [5.41, 5.74) is 4.31. The summed E-state index contributed by atoms with van der Waals surface area (Å²) in [5, 5.41) is 3.88. The molecule has 1 heterocycles. The number of anilines is 1. The van der Waals surface area contributed by atoms with E-state index in [0.717, 1.165) is 22.6 Å². The van der Waals surface area contributed by atoms with Crippen LogP contribution in [0.25, 0.3) is 0 Å². The van der Waals surface area contributed by atoms with Crippen LogP contribution in [0.2, 0.25) is 0 Å². The zero-order valence-corrected chi connectivity index (χ0v) is 18.1. The first kappa shape index (κ1) is 20.6. The molecule has 150 valence electrons. The number of ether oxygens (including phenoxy) is 1. The van der Waals surface area contributed by atoms with Crippen molar-refractivity contribution in [2.75, 3.05) is 23.9 Å². The second kappa shape index (κ2) is 8.49. The van der Waals surface area contributed by atoms with E-state index in [1.54, 1.807) is 7.11 Å². The van der Waals surface area contributed by atoms with Crippen LogP contribution in [0.15, 0.2) is 42.5 Å². The summed E-state index contributed by atoms with van der Waals surface area (Å²) in [6.45, 7) is 4.65. The molecule has 1 saturated heterocycles. The molecule has 1 atom stereocenters. The summed E-state index contributed by atoms with van der Waals surface area (Å²) < 4.78 is 29.3. The predicted molar refractivity (Wildman–Crippen MR) is 118 cm³/mol. The zero-order valence-electron chi connectivity index (χ0n) is 16.4. The minimum Gasteiger partial charge on any atom is -0.497 e. The van der Waals surface area contributed by atoms with Crippen molar-refractivity contribution in [3.8, 4) is 5.75 Å². The standard InChI is InChI=1S/C21H26N2O3S2/c1-15-5-4-6-20(16(15)2)22-21(27)23(18-11-12-28(24,25)14-18)13-17-7-9-19(26-3)10-8-17/h4-10,18H,11-14H2,1-3H3,(H,22,27)/t18-/m1/s1. The van der Waals surface area contributed by atoms with E-state index in [2.05, 4.69) is 18.3 Å². The van der Waals surface area contributed by atoms with Crippen molar-refractivity contribution in [2.24, 2.45) is 0 Å². The second-order valence-corrected chi connectivity index (χ2v) is 9.83. The zero-order chi connectivity index (χ0) is 20.3. The Hall–Kier alpha value is -2.12. The molecule has 5 nitrogen and oxygen atoms in total. The maximum absolute atomic E-state index is 12.1. The van der Waals surface area contributed by atoms with Crippen molar-refractivity contribution in [3.63, 3.8) is 0 Å². The minimum absolute atomic E-state index is 0.128. The fourth-order valence-electron chi connectivity index (χ4n) is 3.39. The highest BCUT2D eigenvalue weighted by molar-refractivity contribution is 7.91. The molecule has 3 rings (SSSR count). The molecule has 0 amide bonds. The van der Waals surface area contributed by atoms with E-state index in [-0.39, 0.29) is 17.5 Å². The van der Waals surface area contributed by atoms with Crippen LogP contribution in [0.1, 0.15) is 23.1 Å². The quantitative estimate of drug-likeness (QED) is 0.747. The molecule has 0 spiro atoms. The lowest BCUT2D eigenvalue weighted by molar-refractivity contribution is 0.332. The van der Waals surface area contributed by atoms with Crippen LogP contribution in [0.4, 0.5) is 5.69 Å². The summed E-state index contributed by atoms with van der Waals surface area (Å²) in [4.78, 5) is 2.00. The molecule has 0 radical (unpaired) electrons. The Morgan fingerprint density at radius 1 is 1.21 bits per heavy atom. The summed E-state index contributed by atoms with van der Waals surface area (Å²) in [6, 6.07) is 13.7. The number of nitrogens with one attached hydrogen (secondary N) is 1. The van der Waals surface area contributed by atoms with Crippen LogP contribution >= 0.6 is 12.2 Å². The Labute approximate surface area is 172 Å². The van der Waals surface area contributed by atoms with Crippen molar-refractivity contribution in [1.29, 1.82) is 0 Å². The molecule has 0 aromatic heterocycles. The number of nitrogens with zero attached hydrogens (tertiary/aromatic N) is 1. The third-order valence-corrected chi connectivity index (χ3v) is 7.36. The van der Waals surface area contributed by atoms with Gasteiger partial charge < -0.3 is 15.0 Å². The highest BCUT2D eigenvalue weighted by Gasteiger charge is 2.33. The van der Waals surface area contributed by atoms with Gasteiger partial charge in [0, 0.05) is 18.3 Å². The number of thiocarbonyl (C=S) groups is 1. The molecule has 1 fully saturated rings. The van der Waals surface area contributed by atoms with E-state index in [1.165, 1.54) is 5.56 Å². The Bertz CT molecular complexity index is 956. The first-order valence-corrected chi connectivity index (χ1v) is 11.5. The van der Waals surface area contributed by atoms with Gasteiger partial charge in [0.05, 0.1) is 18.6 Å². The van der Waals surface area contributed by atoms with Gasteiger partial charge in [0.1, 0.15) is 5.75 Å². The fourth-order valence-corrected chi connectivity index (χ4v) is 5.44.